The zero-order valence-electron chi connectivity index (χ0n) is 11.1. The molecule has 0 bridgehead atoms. The average molecular weight is 288 g/mol. The number of benzene rings is 1. The van der Waals surface area contributed by atoms with Gasteiger partial charge in [0.15, 0.2) is 0 Å². The van der Waals surface area contributed by atoms with E-state index in [0.29, 0.717) is 5.92 Å². The molecule has 1 rings (SSSR count). The van der Waals surface area contributed by atoms with Gasteiger partial charge in [0.25, 0.3) is 0 Å². The molecule has 4 heteroatoms. The Bertz CT molecular complexity index is 360. The second kappa shape index (κ2) is 8.81. The van der Waals surface area contributed by atoms with Gasteiger partial charge in [0.05, 0.1) is 5.02 Å². The molecule has 1 unspecified atom stereocenters. The van der Waals surface area contributed by atoms with Gasteiger partial charge in [0.1, 0.15) is 0 Å². The Morgan fingerprint density at radius 3 is 2.83 bits per heavy atom. The van der Waals surface area contributed by atoms with E-state index in [1.54, 1.807) is 11.8 Å². The molecule has 0 radical (unpaired) electrons. The number of hydrogen-bond acceptors (Lipinski definition) is 3. The first-order valence-electron chi connectivity index (χ1n) is 6.40. The van der Waals surface area contributed by atoms with E-state index in [2.05, 4.69) is 24.4 Å². The molecule has 2 N–H and O–H groups in total. The topological polar surface area (TPSA) is 32.3 Å². The summed E-state index contributed by atoms with van der Waals surface area (Å²) in [5, 5.41) is 13.2. The number of thioether (sulfide) groups is 1. The summed E-state index contributed by atoms with van der Waals surface area (Å²) in [6.07, 6.45) is 1.14. The zero-order chi connectivity index (χ0) is 13.4. The molecule has 102 valence electrons. The van der Waals surface area contributed by atoms with Crippen molar-refractivity contribution in [3.8, 4) is 0 Å². The highest BCUT2D eigenvalue weighted by molar-refractivity contribution is 7.99. The van der Waals surface area contributed by atoms with Crippen LogP contribution in [0.15, 0.2) is 23.1 Å². The van der Waals surface area contributed by atoms with Gasteiger partial charge in [-0.2, -0.15) is 0 Å². The SMILES string of the molecule is CCCNCc1ccc(SCC(C)CO)c(Cl)c1. The largest absolute Gasteiger partial charge is 0.396 e. The maximum absolute atomic E-state index is 8.99. The summed E-state index contributed by atoms with van der Waals surface area (Å²) in [6.45, 7) is 6.31. The van der Waals surface area contributed by atoms with Crippen molar-refractivity contribution in [2.45, 2.75) is 31.7 Å². The highest BCUT2D eigenvalue weighted by atomic mass is 35.5. The average Bonchev–Trinajstić information content (AvgIpc) is 2.37. The minimum absolute atomic E-state index is 0.226. The highest BCUT2D eigenvalue weighted by Crippen LogP contribution is 2.29. The molecule has 0 saturated heterocycles. The van der Waals surface area contributed by atoms with Crippen molar-refractivity contribution in [2.75, 3.05) is 18.9 Å². The summed E-state index contributed by atoms with van der Waals surface area (Å²) in [4.78, 5) is 1.09. The summed E-state index contributed by atoms with van der Waals surface area (Å²) >= 11 is 7.96. The molecule has 1 aromatic carbocycles. The summed E-state index contributed by atoms with van der Waals surface area (Å²) in [5.74, 6) is 1.20. The molecule has 0 aliphatic heterocycles. The molecule has 0 aliphatic carbocycles. The molecule has 0 aliphatic rings. The lowest BCUT2D eigenvalue weighted by Crippen LogP contribution is -2.13. The molecular weight excluding hydrogens is 266 g/mol. The van der Waals surface area contributed by atoms with E-state index >= 15 is 0 Å². The van der Waals surface area contributed by atoms with E-state index in [-0.39, 0.29) is 6.61 Å². The molecule has 1 aromatic rings. The number of aliphatic hydroxyl groups is 1. The van der Waals surface area contributed by atoms with E-state index in [4.69, 9.17) is 16.7 Å². The summed E-state index contributed by atoms with van der Waals surface area (Å²) in [7, 11) is 0. The second-order valence-electron chi connectivity index (χ2n) is 4.54. The first kappa shape index (κ1) is 15.8. The summed E-state index contributed by atoms with van der Waals surface area (Å²) in [6, 6.07) is 6.21. The van der Waals surface area contributed by atoms with Crippen LogP contribution in [0, 0.1) is 5.92 Å². The molecule has 0 amide bonds. The lowest BCUT2D eigenvalue weighted by Gasteiger charge is -2.10. The van der Waals surface area contributed by atoms with Gasteiger partial charge in [-0.1, -0.05) is 31.5 Å². The van der Waals surface area contributed by atoms with Crippen molar-refractivity contribution in [1.29, 1.82) is 0 Å². The van der Waals surface area contributed by atoms with Crippen LogP contribution in [0.3, 0.4) is 0 Å². The minimum atomic E-state index is 0.226. The number of halogens is 1. The van der Waals surface area contributed by atoms with Gasteiger partial charge in [0.2, 0.25) is 0 Å². The van der Waals surface area contributed by atoms with Crippen molar-refractivity contribution in [3.63, 3.8) is 0 Å². The van der Waals surface area contributed by atoms with E-state index in [0.717, 1.165) is 35.2 Å². The summed E-state index contributed by atoms with van der Waals surface area (Å²) < 4.78 is 0. The highest BCUT2D eigenvalue weighted by Gasteiger charge is 2.06. The normalized spacial score (nSPS) is 12.7. The van der Waals surface area contributed by atoms with Crippen LogP contribution < -0.4 is 5.32 Å². The van der Waals surface area contributed by atoms with Crippen LogP contribution in [0.5, 0.6) is 0 Å². The zero-order valence-corrected chi connectivity index (χ0v) is 12.7. The van der Waals surface area contributed by atoms with Crippen molar-refractivity contribution >= 4 is 23.4 Å². The fourth-order valence-corrected chi connectivity index (χ4v) is 2.76. The van der Waals surface area contributed by atoms with Gasteiger partial charge in [-0.25, -0.2) is 0 Å². The van der Waals surface area contributed by atoms with Crippen molar-refractivity contribution in [2.24, 2.45) is 5.92 Å². The quantitative estimate of drug-likeness (QED) is 0.566. The Kier molecular flexibility index (Phi) is 7.75. The fraction of sp³-hybridized carbons (Fsp3) is 0.571. The van der Waals surface area contributed by atoms with Crippen LogP contribution in [-0.4, -0.2) is 24.0 Å². The van der Waals surface area contributed by atoms with Crippen LogP contribution >= 0.6 is 23.4 Å². The molecule has 0 saturated carbocycles. The maximum atomic E-state index is 8.99. The Hall–Kier alpha value is -0.220. The molecule has 0 spiro atoms. The predicted octanol–water partition coefficient (Wildman–Crippen LogP) is 3.56. The molecule has 18 heavy (non-hydrogen) atoms. The first-order chi connectivity index (χ1) is 8.67. The third-order valence-corrected chi connectivity index (χ3v) is 4.41. The van der Waals surface area contributed by atoms with Gasteiger partial charge in [0, 0.05) is 23.8 Å². The van der Waals surface area contributed by atoms with Crippen LogP contribution in [0.25, 0.3) is 0 Å². The van der Waals surface area contributed by atoms with Gasteiger partial charge in [-0.3, -0.25) is 0 Å². The van der Waals surface area contributed by atoms with Crippen LogP contribution in [0.1, 0.15) is 25.8 Å². The van der Waals surface area contributed by atoms with E-state index < -0.39 is 0 Å². The Balaban J connectivity index is 2.51. The molecule has 0 fully saturated rings. The van der Waals surface area contributed by atoms with Crippen LogP contribution in [0.4, 0.5) is 0 Å². The Morgan fingerprint density at radius 1 is 1.44 bits per heavy atom. The fourth-order valence-electron chi connectivity index (χ4n) is 1.47. The molecule has 2 nitrogen and oxygen atoms in total. The lowest BCUT2D eigenvalue weighted by atomic mass is 10.2. The third kappa shape index (κ3) is 5.61. The first-order valence-corrected chi connectivity index (χ1v) is 7.76. The molecule has 1 atom stereocenters. The number of rotatable bonds is 8. The van der Waals surface area contributed by atoms with Gasteiger partial charge < -0.3 is 10.4 Å². The lowest BCUT2D eigenvalue weighted by molar-refractivity contribution is 0.250. The van der Waals surface area contributed by atoms with E-state index in [1.807, 2.05) is 13.0 Å². The minimum Gasteiger partial charge on any atom is -0.396 e. The number of nitrogens with one attached hydrogen (secondary N) is 1. The van der Waals surface area contributed by atoms with Gasteiger partial charge in [-0.05, 0) is 36.6 Å². The summed E-state index contributed by atoms with van der Waals surface area (Å²) in [5.41, 5.74) is 1.22. The molecule has 0 heterocycles. The van der Waals surface area contributed by atoms with Gasteiger partial charge >= 0.3 is 0 Å². The monoisotopic (exact) mass is 287 g/mol. The number of hydrogen-bond donors (Lipinski definition) is 2. The van der Waals surface area contributed by atoms with Crippen molar-refractivity contribution < 1.29 is 5.11 Å². The molecular formula is C14H22ClNOS. The van der Waals surface area contributed by atoms with Crippen LogP contribution in [0.2, 0.25) is 5.02 Å². The van der Waals surface area contributed by atoms with Crippen LogP contribution in [-0.2, 0) is 6.54 Å². The van der Waals surface area contributed by atoms with Crippen molar-refractivity contribution in [1.82, 2.24) is 5.32 Å². The van der Waals surface area contributed by atoms with Gasteiger partial charge in [-0.15, -0.1) is 11.8 Å². The predicted molar refractivity (Wildman–Crippen MR) is 80.4 cm³/mol. The van der Waals surface area contributed by atoms with E-state index in [1.165, 1.54) is 5.56 Å². The second-order valence-corrected chi connectivity index (χ2v) is 6.01. The third-order valence-electron chi connectivity index (χ3n) is 2.59. The maximum Gasteiger partial charge on any atom is 0.0545 e. The molecule has 0 aromatic heterocycles. The van der Waals surface area contributed by atoms with E-state index in [9.17, 15) is 0 Å². The number of aliphatic hydroxyl groups excluding tert-OH is 1. The Morgan fingerprint density at radius 2 is 2.22 bits per heavy atom. The standard InChI is InChI=1S/C14H22ClNOS/c1-3-6-16-8-12-4-5-14(13(15)7-12)18-10-11(2)9-17/h4-5,7,11,16-17H,3,6,8-10H2,1-2H3. The smallest absolute Gasteiger partial charge is 0.0545 e. The van der Waals surface area contributed by atoms with Crippen molar-refractivity contribution in [3.05, 3.63) is 28.8 Å². The Labute approximate surface area is 119 Å².